The Labute approximate surface area is 345 Å². The van der Waals surface area contributed by atoms with Gasteiger partial charge in [0, 0.05) is 45.1 Å². The molecule has 4 fully saturated rings. The number of carbonyl (C=O) groups is 5. The minimum Gasteiger partial charge on any atom is -0.492 e. The van der Waals surface area contributed by atoms with E-state index in [-0.39, 0.29) is 32.4 Å². The van der Waals surface area contributed by atoms with Crippen LogP contribution in [0, 0.1) is 5.92 Å². The van der Waals surface area contributed by atoms with Crippen LogP contribution in [0.3, 0.4) is 0 Å². The van der Waals surface area contributed by atoms with Gasteiger partial charge in [0.1, 0.15) is 41.7 Å². The number of ether oxygens (including phenoxy) is 4. The highest BCUT2D eigenvalue weighted by Crippen LogP contribution is 2.46. The number of carbonyl (C=O) groups excluding carboxylic acids is 5. The predicted molar refractivity (Wildman–Crippen MR) is 213 cm³/mol. The Bertz CT molecular complexity index is 1910. The van der Waals surface area contributed by atoms with Crippen LogP contribution in [0.15, 0.2) is 30.4 Å². The van der Waals surface area contributed by atoms with Gasteiger partial charge in [-0.15, -0.1) is 0 Å². The van der Waals surface area contributed by atoms with Crippen LogP contribution in [0.25, 0.3) is 0 Å². The van der Waals surface area contributed by atoms with Crippen molar-refractivity contribution in [2.75, 3.05) is 46.0 Å². The first-order valence-electron chi connectivity index (χ1n) is 21.0. The molecular formula is C41H58N6O11S. The number of rotatable bonds is 9. The van der Waals surface area contributed by atoms with Crippen molar-refractivity contribution in [2.45, 2.75) is 126 Å². The highest BCUT2D eigenvalue weighted by molar-refractivity contribution is 7.91. The van der Waals surface area contributed by atoms with Crippen LogP contribution in [0.5, 0.6) is 5.75 Å². The molecule has 2 aliphatic carbocycles. The summed E-state index contributed by atoms with van der Waals surface area (Å²) in [7, 11) is -3.92. The fourth-order valence-corrected chi connectivity index (χ4v) is 9.59. The Morgan fingerprint density at radius 3 is 2.53 bits per heavy atom. The first-order valence-corrected chi connectivity index (χ1v) is 22.5. The minimum absolute atomic E-state index is 0.0804. The third-order valence-electron chi connectivity index (χ3n) is 11.7. The van der Waals surface area contributed by atoms with Crippen molar-refractivity contribution in [1.29, 1.82) is 0 Å². The zero-order valence-electron chi connectivity index (χ0n) is 34.2. The van der Waals surface area contributed by atoms with Crippen molar-refractivity contribution in [1.82, 2.24) is 30.1 Å². The molecule has 0 bridgehead atoms. The highest BCUT2D eigenvalue weighted by atomic mass is 32.2. The molecule has 0 aromatic heterocycles. The van der Waals surface area contributed by atoms with Crippen LogP contribution >= 0.6 is 0 Å². The van der Waals surface area contributed by atoms with Crippen LogP contribution < -0.4 is 20.1 Å². The van der Waals surface area contributed by atoms with Gasteiger partial charge in [0.25, 0.3) is 5.91 Å². The molecule has 3 N–H and O–H groups in total. The predicted octanol–water partition coefficient (Wildman–Crippen LogP) is 2.72. The van der Waals surface area contributed by atoms with Gasteiger partial charge in [-0.1, -0.05) is 31.1 Å². The Morgan fingerprint density at radius 1 is 1.02 bits per heavy atom. The number of benzene rings is 1. The third kappa shape index (κ3) is 10.7. The van der Waals surface area contributed by atoms with E-state index in [1.54, 1.807) is 25.7 Å². The molecule has 1 aromatic carbocycles. The van der Waals surface area contributed by atoms with Crippen molar-refractivity contribution >= 4 is 39.9 Å². The van der Waals surface area contributed by atoms with Gasteiger partial charge in [0.05, 0.1) is 25.0 Å². The van der Waals surface area contributed by atoms with Crippen LogP contribution in [0.1, 0.15) is 89.7 Å². The van der Waals surface area contributed by atoms with Gasteiger partial charge in [-0.05, 0) is 82.6 Å². The lowest BCUT2D eigenvalue weighted by Crippen LogP contribution is -2.58. The van der Waals surface area contributed by atoms with Crippen molar-refractivity contribution in [2.24, 2.45) is 5.92 Å². The second-order valence-electron chi connectivity index (χ2n) is 17.5. The Hall–Kier alpha value is -4.42. The van der Waals surface area contributed by atoms with E-state index in [0.717, 1.165) is 43.6 Å². The second-order valence-corrected chi connectivity index (χ2v) is 19.5. The summed E-state index contributed by atoms with van der Waals surface area (Å²) in [4.78, 5) is 74.4. The summed E-state index contributed by atoms with van der Waals surface area (Å²) in [6.45, 7) is 10.1. The lowest BCUT2D eigenvalue weighted by atomic mass is 10.0. The fourth-order valence-electron chi connectivity index (χ4n) is 8.22. The van der Waals surface area contributed by atoms with Crippen molar-refractivity contribution in [3.63, 3.8) is 0 Å². The molecule has 7 rings (SSSR count). The molecule has 0 radical (unpaired) electrons. The van der Waals surface area contributed by atoms with Gasteiger partial charge in [-0.3, -0.25) is 28.9 Å². The summed E-state index contributed by atoms with van der Waals surface area (Å²) in [5.74, 6) is -1.82. The first kappa shape index (κ1) is 42.7. The standard InChI is InChI=1S/C41H58N6O11S/c1-40(2,3)58-38(51)42-33-10-8-6-4-5-7-9-29-23-41(29,37(50)44-59(53,54)32-13-14-32)43-35(48)34-22-31(26-47(34)36(33)49)57-39(52)46-24-27-11-12-30(21-28(27)25-46)56-20-17-45-15-18-55-19-16-45/h7,9,11-12,21,29,31-34H,4-6,8,10,13-20,22-26H2,1-3H3,(H,42,51)(H,43,48)(H,44,50)/b9-7-/t29-,31-,33+,34?,41-/m1/s1. The topological polar surface area (TPSA) is 202 Å². The number of nitrogens with zero attached hydrogens (tertiary/aromatic N) is 3. The molecule has 2 saturated carbocycles. The van der Waals surface area contributed by atoms with E-state index in [0.29, 0.717) is 57.8 Å². The fraction of sp³-hybridized carbons (Fsp3) is 0.683. The largest absolute Gasteiger partial charge is 0.492 e. The zero-order chi connectivity index (χ0) is 42.0. The molecule has 1 unspecified atom stereocenters. The van der Waals surface area contributed by atoms with E-state index in [9.17, 15) is 32.4 Å². The SMILES string of the molecule is CC(C)(C)OC(=O)N[C@H]1CCCCC/C=C\[C@@H]2C[C@@]2(C(=O)NS(=O)(=O)C2CC2)NC(=O)C2C[C@@H](OC(=O)N3Cc4ccc(OCCN5CCOCC5)cc4C3)CN2C1=O. The van der Waals surface area contributed by atoms with Gasteiger partial charge in [-0.25, -0.2) is 18.0 Å². The lowest BCUT2D eigenvalue weighted by molar-refractivity contribution is -0.141. The van der Waals surface area contributed by atoms with Crippen LogP contribution in [0.4, 0.5) is 9.59 Å². The number of amides is 5. The van der Waals surface area contributed by atoms with Gasteiger partial charge < -0.3 is 34.5 Å². The van der Waals surface area contributed by atoms with E-state index in [2.05, 4.69) is 20.3 Å². The second kappa shape index (κ2) is 17.7. The van der Waals surface area contributed by atoms with Gasteiger partial charge in [0.15, 0.2) is 0 Å². The summed E-state index contributed by atoms with van der Waals surface area (Å²) >= 11 is 0. The number of nitrogens with one attached hydrogen (secondary N) is 3. The molecule has 4 heterocycles. The molecule has 17 nitrogen and oxygen atoms in total. The summed E-state index contributed by atoms with van der Waals surface area (Å²) in [5.41, 5.74) is -0.493. The minimum atomic E-state index is -3.92. The Balaban J connectivity index is 1.06. The maximum absolute atomic E-state index is 14.5. The number of fused-ring (bicyclic) bond motifs is 3. The van der Waals surface area contributed by atoms with Crippen LogP contribution in [0.2, 0.25) is 0 Å². The van der Waals surface area contributed by atoms with Crippen molar-refractivity contribution < 1.29 is 51.3 Å². The smallest absolute Gasteiger partial charge is 0.410 e. The van der Waals surface area contributed by atoms with Crippen molar-refractivity contribution in [3.8, 4) is 5.75 Å². The quantitative estimate of drug-likeness (QED) is 0.308. The molecule has 18 heteroatoms. The first-order chi connectivity index (χ1) is 28.1. The average molecular weight is 843 g/mol. The lowest BCUT2D eigenvalue weighted by Gasteiger charge is -2.30. The normalized spacial score (nSPS) is 28.5. The van der Waals surface area contributed by atoms with E-state index in [1.807, 2.05) is 30.4 Å². The molecule has 1 aromatic rings. The number of hydrogen-bond donors (Lipinski definition) is 3. The summed E-state index contributed by atoms with van der Waals surface area (Å²) in [5, 5.41) is 4.90. The number of hydrogen-bond acceptors (Lipinski definition) is 12. The number of sulfonamides is 1. The highest BCUT2D eigenvalue weighted by Gasteiger charge is 2.62. The summed E-state index contributed by atoms with van der Waals surface area (Å²) < 4.78 is 50.8. The molecule has 59 heavy (non-hydrogen) atoms. The molecule has 5 atom stereocenters. The maximum Gasteiger partial charge on any atom is 0.410 e. The number of allylic oxidation sites excluding steroid dienone is 1. The Kier molecular flexibility index (Phi) is 12.8. The van der Waals surface area contributed by atoms with E-state index in [1.165, 1.54) is 4.90 Å². The van der Waals surface area contributed by atoms with Crippen LogP contribution in [-0.4, -0.2) is 134 Å². The van der Waals surface area contributed by atoms with Gasteiger partial charge in [-0.2, -0.15) is 0 Å². The third-order valence-corrected chi connectivity index (χ3v) is 13.6. The van der Waals surface area contributed by atoms with Crippen LogP contribution in [-0.2, 0) is 51.7 Å². The molecule has 2 saturated heterocycles. The number of alkyl carbamates (subject to hydrolysis) is 1. The molecule has 6 aliphatic rings. The van der Waals surface area contributed by atoms with Crippen molar-refractivity contribution in [3.05, 3.63) is 41.5 Å². The van der Waals surface area contributed by atoms with Gasteiger partial charge >= 0.3 is 12.2 Å². The van der Waals surface area contributed by atoms with E-state index >= 15 is 0 Å². The molecular weight excluding hydrogens is 785 g/mol. The Morgan fingerprint density at radius 2 is 1.78 bits per heavy atom. The molecule has 5 amide bonds. The van der Waals surface area contributed by atoms with E-state index in [4.69, 9.17) is 18.9 Å². The summed E-state index contributed by atoms with van der Waals surface area (Å²) in [6, 6.07) is 3.49. The van der Waals surface area contributed by atoms with Gasteiger partial charge in [0.2, 0.25) is 21.8 Å². The monoisotopic (exact) mass is 842 g/mol. The zero-order valence-corrected chi connectivity index (χ0v) is 35.1. The average Bonchev–Trinajstić information content (AvgIpc) is 4.07. The molecule has 324 valence electrons. The van der Waals surface area contributed by atoms with E-state index < -0.39 is 80.4 Å². The summed E-state index contributed by atoms with van der Waals surface area (Å²) in [6.07, 6.45) is 5.52. The maximum atomic E-state index is 14.5. The molecule has 0 spiro atoms. The number of morpholine rings is 1. The molecule has 4 aliphatic heterocycles.